The van der Waals surface area contributed by atoms with E-state index in [9.17, 15) is 18.0 Å². The molecule has 0 bridgehead atoms. The lowest BCUT2D eigenvalue weighted by Gasteiger charge is -2.27. The third-order valence-corrected chi connectivity index (χ3v) is 7.75. The number of nitrogens with one attached hydrogen (secondary N) is 1. The number of hydrogen-bond acceptors (Lipinski definition) is 5. The lowest BCUT2D eigenvalue weighted by atomic mass is 10.1. The van der Waals surface area contributed by atoms with Gasteiger partial charge in [0.05, 0.1) is 17.7 Å². The van der Waals surface area contributed by atoms with E-state index < -0.39 is 15.9 Å². The summed E-state index contributed by atoms with van der Waals surface area (Å²) in [5.74, 6) is -0.241. The molecule has 2 aromatic carbocycles. The number of aromatic nitrogens is 1. The van der Waals surface area contributed by atoms with Crippen molar-refractivity contribution in [3.8, 4) is 5.75 Å². The highest BCUT2D eigenvalue weighted by atomic mass is 32.2. The Labute approximate surface area is 192 Å². The molecule has 0 unspecified atom stereocenters. The van der Waals surface area contributed by atoms with Crippen LogP contribution in [0.3, 0.4) is 0 Å². The predicted octanol–water partition coefficient (Wildman–Crippen LogP) is 3.36. The Balaban J connectivity index is 1.72. The van der Waals surface area contributed by atoms with Gasteiger partial charge >= 0.3 is 0 Å². The van der Waals surface area contributed by atoms with Crippen molar-refractivity contribution in [3.05, 3.63) is 64.4 Å². The SMILES string of the molecule is CCOc1ccc(NC(=O)c2cc(=O)n(C)c3ccccc23)cc1S(=O)(=O)N1CCCCC1. The fraction of sp³-hybridized carbons (Fsp3) is 0.333. The molecule has 1 aliphatic rings. The molecule has 0 radical (unpaired) electrons. The zero-order valence-corrected chi connectivity index (χ0v) is 19.5. The Bertz CT molecular complexity index is 1360. The van der Waals surface area contributed by atoms with E-state index in [0.29, 0.717) is 36.3 Å². The van der Waals surface area contributed by atoms with Crippen molar-refractivity contribution in [2.45, 2.75) is 31.1 Å². The molecule has 33 heavy (non-hydrogen) atoms. The number of ether oxygens (including phenoxy) is 1. The summed E-state index contributed by atoms with van der Waals surface area (Å²) in [6.07, 6.45) is 2.64. The molecule has 1 saturated heterocycles. The Morgan fingerprint density at radius 3 is 2.52 bits per heavy atom. The van der Waals surface area contributed by atoms with Gasteiger partial charge in [-0.15, -0.1) is 0 Å². The van der Waals surface area contributed by atoms with E-state index in [4.69, 9.17) is 4.74 Å². The maximum atomic E-state index is 13.3. The van der Waals surface area contributed by atoms with Crippen LogP contribution in [-0.2, 0) is 17.1 Å². The van der Waals surface area contributed by atoms with E-state index in [-0.39, 0.29) is 21.8 Å². The Morgan fingerprint density at radius 1 is 1.06 bits per heavy atom. The Morgan fingerprint density at radius 2 is 1.79 bits per heavy atom. The summed E-state index contributed by atoms with van der Waals surface area (Å²) < 4.78 is 35.2. The molecule has 8 nitrogen and oxygen atoms in total. The number of anilines is 1. The van der Waals surface area contributed by atoms with E-state index >= 15 is 0 Å². The van der Waals surface area contributed by atoms with Crippen molar-refractivity contribution in [2.75, 3.05) is 25.0 Å². The first-order chi connectivity index (χ1) is 15.8. The van der Waals surface area contributed by atoms with Gasteiger partial charge in [-0.2, -0.15) is 4.31 Å². The van der Waals surface area contributed by atoms with Gasteiger partial charge < -0.3 is 14.6 Å². The number of sulfonamides is 1. The first kappa shape index (κ1) is 23.0. The molecule has 4 rings (SSSR count). The number of carbonyl (C=O) groups excluding carboxylic acids is 1. The number of benzene rings is 2. The summed E-state index contributed by atoms with van der Waals surface area (Å²) in [6.45, 7) is 3.02. The van der Waals surface area contributed by atoms with Gasteiger partial charge in [-0.1, -0.05) is 24.6 Å². The maximum Gasteiger partial charge on any atom is 0.256 e. The van der Waals surface area contributed by atoms with E-state index in [1.54, 1.807) is 50.4 Å². The molecule has 1 aliphatic heterocycles. The van der Waals surface area contributed by atoms with Crippen LogP contribution in [0, 0.1) is 0 Å². The molecular formula is C24H27N3O5S. The number of hydrogen-bond donors (Lipinski definition) is 1. The number of rotatable bonds is 6. The number of nitrogens with zero attached hydrogens (tertiary/aromatic N) is 2. The van der Waals surface area contributed by atoms with E-state index in [0.717, 1.165) is 19.3 Å². The van der Waals surface area contributed by atoms with Crippen LogP contribution in [0.4, 0.5) is 5.69 Å². The zero-order chi connectivity index (χ0) is 23.6. The molecule has 0 saturated carbocycles. The second-order valence-corrected chi connectivity index (χ2v) is 9.89. The summed E-state index contributed by atoms with van der Waals surface area (Å²) in [6, 6.07) is 13.0. The minimum atomic E-state index is -3.78. The number of fused-ring (bicyclic) bond motifs is 1. The summed E-state index contributed by atoms with van der Waals surface area (Å²) >= 11 is 0. The van der Waals surface area contributed by atoms with Crippen molar-refractivity contribution in [1.29, 1.82) is 0 Å². The standard InChI is InChI=1S/C24H27N3O5S/c1-3-32-21-12-11-17(15-22(21)33(30,31)27-13-7-4-8-14-27)25-24(29)19-16-23(28)26(2)20-10-6-5-9-18(19)20/h5-6,9-12,15-16H,3-4,7-8,13-14H2,1-2H3,(H,25,29). The first-order valence-corrected chi connectivity index (χ1v) is 12.4. The highest BCUT2D eigenvalue weighted by Gasteiger charge is 2.29. The van der Waals surface area contributed by atoms with Gasteiger partial charge in [0.1, 0.15) is 10.6 Å². The number of carbonyl (C=O) groups is 1. The topological polar surface area (TPSA) is 97.7 Å². The number of pyridine rings is 1. The van der Waals surface area contributed by atoms with Gasteiger partial charge in [0.15, 0.2) is 0 Å². The largest absolute Gasteiger partial charge is 0.492 e. The van der Waals surface area contributed by atoms with Crippen molar-refractivity contribution in [3.63, 3.8) is 0 Å². The van der Waals surface area contributed by atoms with Gasteiger partial charge in [-0.25, -0.2) is 8.42 Å². The average Bonchev–Trinajstić information content (AvgIpc) is 2.83. The summed E-state index contributed by atoms with van der Waals surface area (Å²) in [4.78, 5) is 25.5. The fourth-order valence-electron chi connectivity index (χ4n) is 4.10. The number of piperidine rings is 1. The monoisotopic (exact) mass is 469 g/mol. The van der Waals surface area contributed by atoms with Crippen molar-refractivity contribution < 1.29 is 17.9 Å². The van der Waals surface area contributed by atoms with Crippen LogP contribution in [0.25, 0.3) is 10.9 Å². The molecule has 0 spiro atoms. The smallest absolute Gasteiger partial charge is 0.256 e. The van der Waals surface area contributed by atoms with Crippen LogP contribution >= 0.6 is 0 Å². The van der Waals surface area contributed by atoms with Gasteiger partial charge in [-0.3, -0.25) is 9.59 Å². The van der Waals surface area contributed by atoms with Crippen LogP contribution in [0.15, 0.2) is 58.2 Å². The Hall–Kier alpha value is -3.17. The van der Waals surface area contributed by atoms with Crippen LogP contribution in [0.1, 0.15) is 36.5 Å². The lowest BCUT2D eigenvalue weighted by Crippen LogP contribution is -2.35. The van der Waals surface area contributed by atoms with Gasteiger partial charge in [-0.05, 0) is 44.0 Å². The van der Waals surface area contributed by atoms with Crippen LogP contribution in [-0.4, -0.2) is 42.9 Å². The molecule has 1 fully saturated rings. The van der Waals surface area contributed by atoms with Crippen LogP contribution in [0.5, 0.6) is 5.75 Å². The molecule has 1 N–H and O–H groups in total. The second-order valence-electron chi connectivity index (χ2n) is 7.99. The molecule has 9 heteroatoms. The molecule has 1 amide bonds. The predicted molar refractivity (Wildman–Crippen MR) is 127 cm³/mol. The summed E-state index contributed by atoms with van der Waals surface area (Å²) in [5.41, 5.74) is 0.862. The van der Waals surface area contributed by atoms with Crippen LogP contribution < -0.4 is 15.6 Å². The molecule has 1 aromatic heterocycles. The van der Waals surface area contributed by atoms with Crippen molar-refractivity contribution in [2.24, 2.45) is 7.05 Å². The number of aryl methyl sites for hydroxylation is 1. The van der Waals surface area contributed by atoms with Gasteiger partial charge in [0.2, 0.25) is 10.0 Å². The molecule has 0 atom stereocenters. The number of para-hydroxylation sites is 1. The first-order valence-electron chi connectivity index (χ1n) is 11.0. The van der Waals surface area contributed by atoms with Crippen molar-refractivity contribution in [1.82, 2.24) is 8.87 Å². The Kier molecular flexibility index (Phi) is 6.53. The zero-order valence-electron chi connectivity index (χ0n) is 18.7. The number of amides is 1. The van der Waals surface area contributed by atoms with E-state index in [1.807, 2.05) is 0 Å². The lowest BCUT2D eigenvalue weighted by molar-refractivity contribution is 0.102. The minimum absolute atomic E-state index is 0.0258. The molecule has 174 valence electrons. The highest BCUT2D eigenvalue weighted by molar-refractivity contribution is 7.89. The summed E-state index contributed by atoms with van der Waals surface area (Å²) in [7, 11) is -2.13. The quantitative estimate of drug-likeness (QED) is 0.597. The van der Waals surface area contributed by atoms with Gasteiger partial charge in [0, 0.05) is 37.3 Å². The minimum Gasteiger partial charge on any atom is -0.492 e. The maximum absolute atomic E-state index is 13.3. The third kappa shape index (κ3) is 4.51. The molecular weight excluding hydrogens is 442 g/mol. The second kappa shape index (κ2) is 9.36. The fourth-order valence-corrected chi connectivity index (χ4v) is 5.78. The summed E-state index contributed by atoms with van der Waals surface area (Å²) in [5, 5.41) is 3.39. The highest BCUT2D eigenvalue weighted by Crippen LogP contribution is 2.32. The van der Waals surface area contributed by atoms with Crippen molar-refractivity contribution >= 4 is 32.5 Å². The van der Waals surface area contributed by atoms with Gasteiger partial charge in [0.25, 0.3) is 11.5 Å². The normalized spacial score (nSPS) is 14.8. The van der Waals surface area contributed by atoms with E-state index in [1.165, 1.54) is 21.0 Å². The van der Waals surface area contributed by atoms with Crippen LogP contribution in [0.2, 0.25) is 0 Å². The molecule has 0 aliphatic carbocycles. The molecule has 2 heterocycles. The van der Waals surface area contributed by atoms with E-state index in [2.05, 4.69) is 5.32 Å². The third-order valence-electron chi connectivity index (χ3n) is 5.83. The molecule has 3 aromatic rings. The average molecular weight is 470 g/mol.